The molecule has 0 spiro atoms. The summed E-state index contributed by atoms with van der Waals surface area (Å²) >= 11 is 5.04. The summed E-state index contributed by atoms with van der Waals surface area (Å²) in [5.74, 6) is -0.153. The Bertz CT molecular complexity index is 205. The van der Waals surface area contributed by atoms with E-state index in [0.717, 1.165) is 17.8 Å². The molecular formula is C8H13NO2S. The van der Waals surface area contributed by atoms with Gasteiger partial charge in [-0.2, -0.15) is 0 Å². The maximum absolute atomic E-state index is 11.3. The number of likely N-dealkylation sites (N-methyl/N-ethyl adjacent to an activating group) is 1. The zero-order valence-corrected chi connectivity index (χ0v) is 8.19. The van der Waals surface area contributed by atoms with Crippen LogP contribution in [-0.4, -0.2) is 35.6 Å². The van der Waals surface area contributed by atoms with Gasteiger partial charge < -0.3 is 9.64 Å². The first-order valence-corrected chi connectivity index (χ1v) is 4.50. The average Bonchev–Trinajstić information content (AvgIpc) is 2.34. The van der Waals surface area contributed by atoms with E-state index >= 15 is 0 Å². The molecule has 1 fully saturated rings. The predicted molar refractivity (Wildman–Crippen MR) is 50.0 cm³/mol. The Morgan fingerprint density at radius 3 is 2.92 bits per heavy atom. The molecule has 0 N–H and O–H groups in total. The highest BCUT2D eigenvalue weighted by Crippen LogP contribution is 2.18. The van der Waals surface area contributed by atoms with Crippen LogP contribution in [0.5, 0.6) is 0 Å². The Morgan fingerprint density at radius 1 is 1.83 bits per heavy atom. The van der Waals surface area contributed by atoms with Gasteiger partial charge in [0.2, 0.25) is 0 Å². The van der Waals surface area contributed by atoms with E-state index in [4.69, 9.17) is 17.0 Å². The molecule has 12 heavy (non-hydrogen) atoms. The summed E-state index contributed by atoms with van der Waals surface area (Å²) in [6, 6.07) is -0.141. The molecule has 1 aliphatic heterocycles. The number of nitrogens with zero attached hydrogens (tertiary/aromatic N) is 1. The third-order valence-electron chi connectivity index (χ3n) is 2.05. The number of esters is 1. The second-order valence-corrected chi connectivity index (χ2v) is 3.28. The van der Waals surface area contributed by atoms with Gasteiger partial charge in [0.05, 0.1) is 11.6 Å². The highest BCUT2D eigenvalue weighted by atomic mass is 32.1. The fourth-order valence-electron chi connectivity index (χ4n) is 1.32. The zero-order valence-electron chi connectivity index (χ0n) is 7.37. The molecule has 1 heterocycles. The van der Waals surface area contributed by atoms with Crippen LogP contribution in [0.1, 0.15) is 19.8 Å². The summed E-state index contributed by atoms with van der Waals surface area (Å²) in [5, 5.41) is 0. The van der Waals surface area contributed by atoms with E-state index in [1.165, 1.54) is 0 Å². The van der Waals surface area contributed by atoms with Gasteiger partial charge in [-0.1, -0.05) is 12.2 Å². The number of likely N-dealkylation sites (tertiary alicyclic amines) is 1. The Labute approximate surface area is 77.7 Å². The molecule has 1 saturated heterocycles. The smallest absolute Gasteiger partial charge is 0.328 e. The summed E-state index contributed by atoms with van der Waals surface area (Å²) in [4.78, 5) is 14.0. The zero-order chi connectivity index (χ0) is 9.14. The van der Waals surface area contributed by atoms with Crippen molar-refractivity contribution >= 4 is 23.2 Å². The maximum Gasteiger partial charge on any atom is 0.328 e. The lowest BCUT2D eigenvalue weighted by atomic mass is 10.2. The van der Waals surface area contributed by atoms with Crippen molar-refractivity contribution in [3.05, 3.63) is 0 Å². The molecule has 0 amide bonds. The summed E-state index contributed by atoms with van der Waals surface area (Å²) in [5.41, 5.74) is 0. The Kier molecular flexibility index (Phi) is 3.03. The number of thiocarbonyl (C=S) groups is 1. The first-order valence-electron chi connectivity index (χ1n) is 4.09. The van der Waals surface area contributed by atoms with Crippen LogP contribution in [0.3, 0.4) is 0 Å². The van der Waals surface area contributed by atoms with Gasteiger partial charge in [0.15, 0.2) is 0 Å². The van der Waals surface area contributed by atoms with Crippen molar-refractivity contribution in [3.63, 3.8) is 0 Å². The summed E-state index contributed by atoms with van der Waals surface area (Å²) in [6.45, 7) is 2.25. The van der Waals surface area contributed by atoms with Crippen molar-refractivity contribution in [2.75, 3.05) is 13.7 Å². The number of carbonyl (C=O) groups excluding carboxylic acids is 1. The fraction of sp³-hybridized carbons (Fsp3) is 0.750. The van der Waals surface area contributed by atoms with Crippen molar-refractivity contribution < 1.29 is 9.53 Å². The Balaban J connectivity index is 2.53. The van der Waals surface area contributed by atoms with E-state index in [1.807, 2.05) is 18.9 Å². The van der Waals surface area contributed by atoms with Crippen LogP contribution in [0.25, 0.3) is 0 Å². The lowest BCUT2D eigenvalue weighted by molar-refractivity contribution is -0.147. The number of hydrogen-bond donors (Lipinski definition) is 0. The van der Waals surface area contributed by atoms with Crippen LogP contribution < -0.4 is 0 Å². The highest BCUT2D eigenvalue weighted by Gasteiger charge is 2.31. The van der Waals surface area contributed by atoms with Crippen LogP contribution in [0.15, 0.2) is 0 Å². The third-order valence-corrected chi connectivity index (χ3v) is 2.54. The maximum atomic E-state index is 11.3. The van der Waals surface area contributed by atoms with Crippen molar-refractivity contribution in [1.82, 2.24) is 4.90 Å². The molecule has 3 nitrogen and oxygen atoms in total. The van der Waals surface area contributed by atoms with Crippen LogP contribution >= 0.6 is 12.2 Å². The molecule has 1 unspecified atom stereocenters. The molecule has 1 rings (SSSR count). The van der Waals surface area contributed by atoms with Crippen LogP contribution in [0.2, 0.25) is 0 Å². The van der Waals surface area contributed by atoms with E-state index < -0.39 is 0 Å². The molecule has 0 aliphatic carbocycles. The number of ether oxygens (including phenoxy) is 1. The normalized spacial score (nSPS) is 23.0. The van der Waals surface area contributed by atoms with E-state index in [9.17, 15) is 4.79 Å². The van der Waals surface area contributed by atoms with E-state index in [1.54, 1.807) is 0 Å². The van der Waals surface area contributed by atoms with Crippen molar-refractivity contribution in [3.8, 4) is 0 Å². The van der Waals surface area contributed by atoms with Crippen molar-refractivity contribution in [1.29, 1.82) is 0 Å². The largest absolute Gasteiger partial charge is 0.464 e. The van der Waals surface area contributed by atoms with Crippen LogP contribution in [-0.2, 0) is 9.53 Å². The van der Waals surface area contributed by atoms with Gasteiger partial charge in [-0.3, -0.25) is 0 Å². The van der Waals surface area contributed by atoms with Gasteiger partial charge in [-0.15, -0.1) is 0 Å². The molecule has 0 radical (unpaired) electrons. The standard InChI is InChI=1S/C8H13NO2S/c1-3-11-8(10)6-4-5-7(12)9(6)2/h6H,3-5H2,1-2H3. The molecule has 1 aliphatic rings. The molecule has 1 atom stereocenters. The van der Waals surface area contributed by atoms with Gasteiger partial charge >= 0.3 is 5.97 Å². The third kappa shape index (κ3) is 1.75. The van der Waals surface area contributed by atoms with E-state index in [0.29, 0.717) is 6.61 Å². The lowest BCUT2D eigenvalue weighted by Gasteiger charge is -2.19. The first-order chi connectivity index (χ1) is 5.66. The fourth-order valence-corrected chi connectivity index (χ4v) is 1.56. The van der Waals surface area contributed by atoms with Crippen molar-refractivity contribution in [2.45, 2.75) is 25.8 Å². The molecule has 0 bridgehead atoms. The minimum Gasteiger partial charge on any atom is -0.464 e. The monoisotopic (exact) mass is 187 g/mol. The highest BCUT2D eigenvalue weighted by molar-refractivity contribution is 7.80. The Morgan fingerprint density at radius 2 is 2.50 bits per heavy atom. The Hall–Kier alpha value is -0.640. The molecule has 0 aromatic heterocycles. The first kappa shape index (κ1) is 9.45. The molecule has 0 aromatic rings. The van der Waals surface area contributed by atoms with E-state index in [-0.39, 0.29) is 12.0 Å². The summed E-state index contributed by atoms with van der Waals surface area (Å²) in [7, 11) is 1.84. The summed E-state index contributed by atoms with van der Waals surface area (Å²) in [6.07, 6.45) is 1.63. The quantitative estimate of drug-likeness (QED) is 0.476. The lowest BCUT2D eigenvalue weighted by Crippen LogP contribution is -2.35. The number of rotatable bonds is 2. The molecular weight excluding hydrogens is 174 g/mol. The number of hydrogen-bond acceptors (Lipinski definition) is 3. The van der Waals surface area contributed by atoms with Gasteiger partial charge in [-0.05, 0) is 13.3 Å². The molecule has 4 heteroatoms. The predicted octanol–water partition coefficient (Wildman–Crippen LogP) is 0.971. The van der Waals surface area contributed by atoms with Gasteiger partial charge in [0.25, 0.3) is 0 Å². The van der Waals surface area contributed by atoms with Gasteiger partial charge in [-0.25, -0.2) is 4.79 Å². The molecule has 68 valence electrons. The average molecular weight is 187 g/mol. The van der Waals surface area contributed by atoms with Crippen molar-refractivity contribution in [2.24, 2.45) is 0 Å². The minimum absolute atomic E-state index is 0.141. The van der Waals surface area contributed by atoms with Gasteiger partial charge in [0, 0.05) is 13.5 Å². The summed E-state index contributed by atoms with van der Waals surface area (Å²) < 4.78 is 4.90. The second kappa shape index (κ2) is 3.85. The minimum atomic E-state index is -0.153. The molecule has 0 saturated carbocycles. The van der Waals surface area contributed by atoms with Crippen LogP contribution in [0, 0.1) is 0 Å². The topological polar surface area (TPSA) is 29.5 Å². The SMILES string of the molecule is CCOC(=O)C1CCC(=S)N1C. The van der Waals surface area contributed by atoms with Crippen LogP contribution in [0.4, 0.5) is 0 Å². The van der Waals surface area contributed by atoms with E-state index in [2.05, 4.69) is 0 Å². The number of carbonyl (C=O) groups is 1. The molecule has 0 aromatic carbocycles. The van der Waals surface area contributed by atoms with Gasteiger partial charge in [0.1, 0.15) is 6.04 Å². The second-order valence-electron chi connectivity index (χ2n) is 2.81.